The molecule has 0 radical (unpaired) electrons. The van der Waals surface area contributed by atoms with Gasteiger partial charge in [0.15, 0.2) is 5.82 Å². The van der Waals surface area contributed by atoms with E-state index >= 15 is 0 Å². The van der Waals surface area contributed by atoms with E-state index in [9.17, 15) is 4.79 Å². The highest BCUT2D eigenvalue weighted by atomic mass is 16.2. The van der Waals surface area contributed by atoms with Crippen molar-refractivity contribution >= 4 is 5.91 Å². The van der Waals surface area contributed by atoms with Crippen LogP contribution in [0.1, 0.15) is 26.1 Å². The molecule has 0 aromatic carbocycles. The fraction of sp³-hybridized carbons (Fsp3) is 0.700. The second-order valence-corrected chi connectivity index (χ2v) is 4.92. The molecule has 88 valence electrons. The summed E-state index contributed by atoms with van der Waals surface area (Å²) in [6.45, 7) is 5.72. The Morgan fingerprint density at radius 3 is 3.00 bits per heavy atom. The zero-order valence-electron chi connectivity index (χ0n) is 9.68. The highest BCUT2D eigenvalue weighted by molar-refractivity contribution is 5.77. The summed E-state index contributed by atoms with van der Waals surface area (Å²) in [7, 11) is 0. The first-order valence-corrected chi connectivity index (χ1v) is 5.39. The molecule has 0 bridgehead atoms. The van der Waals surface area contributed by atoms with Crippen LogP contribution < -0.4 is 5.73 Å². The summed E-state index contributed by atoms with van der Waals surface area (Å²) in [5, 5.41) is 7.80. The number of carbonyl (C=O) groups excluding carboxylic acids is 1. The maximum Gasteiger partial charge on any atom is 0.224 e. The van der Waals surface area contributed by atoms with Crippen LogP contribution in [0.5, 0.6) is 0 Å². The monoisotopic (exact) mass is 223 g/mol. The standard InChI is InChI=1S/C10H17N5O/c1-10(2,11)5-9(16)14-3-4-15-7-12-13-8(15)6-14/h7H,3-6,11H2,1-2H3. The van der Waals surface area contributed by atoms with E-state index in [4.69, 9.17) is 5.73 Å². The first kappa shape index (κ1) is 11.1. The van der Waals surface area contributed by atoms with Crippen molar-refractivity contribution < 1.29 is 4.79 Å². The summed E-state index contributed by atoms with van der Waals surface area (Å²) in [4.78, 5) is 13.7. The van der Waals surface area contributed by atoms with Gasteiger partial charge < -0.3 is 15.2 Å². The van der Waals surface area contributed by atoms with Crippen molar-refractivity contribution in [1.29, 1.82) is 0 Å². The molecule has 6 heteroatoms. The van der Waals surface area contributed by atoms with Crippen molar-refractivity contribution in [3.63, 3.8) is 0 Å². The lowest BCUT2D eigenvalue weighted by molar-refractivity contribution is -0.133. The van der Waals surface area contributed by atoms with Crippen LogP contribution in [-0.4, -0.2) is 37.7 Å². The van der Waals surface area contributed by atoms with Gasteiger partial charge in [0, 0.05) is 25.0 Å². The van der Waals surface area contributed by atoms with E-state index in [0.717, 1.165) is 12.4 Å². The molecule has 16 heavy (non-hydrogen) atoms. The van der Waals surface area contributed by atoms with Crippen molar-refractivity contribution in [1.82, 2.24) is 19.7 Å². The number of amides is 1. The molecule has 0 unspecified atom stereocenters. The van der Waals surface area contributed by atoms with Gasteiger partial charge in [-0.1, -0.05) is 0 Å². The topological polar surface area (TPSA) is 77.0 Å². The Hall–Kier alpha value is -1.43. The summed E-state index contributed by atoms with van der Waals surface area (Å²) in [6, 6.07) is 0. The molecule has 2 rings (SSSR count). The van der Waals surface area contributed by atoms with E-state index < -0.39 is 5.54 Å². The van der Waals surface area contributed by atoms with Crippen molar-refractivity contribution in [2.45, 2.75) is 38.9 Å². The molecule has 0 atom stereocenters. The molecule has 1 aromatic heterocycles. The predicted octanol–water partition coefficient (Wildman–Crippen LogP) is -0.252. The molecule has 2 heterocycles. The van der Waals surface area contributed by atoms with Gasteiger partial charge in [-0.05, 0) is 13.8 Å². The number of hydrogen-bond acceptors (Lipinski definition) is 4. The number of nitrogens with zero attached hydrogens (tertiary/aromatic N) is 4. The van der Waals surface area contributed by atoms with Crippen LogP contribution in [0.15, 0.2) is 6.33 Å². The quantitative estimate of drug-likeness (QED) is 0.750. The van der Waals surface area contributed by atoms with Crippen LogP contribution in [0.25, 0.3) is 0 Å². The van der Waals surface area contributed by atoms with E-state index in [2.05, 4.69) is 10.2 Å². The van der Waals surface area contributed by atoms with Gasteiger partial charge in [-0.3, -0.25) is 4.79 Å². The van der Waals surface area contributed by atoms with Crippen molar-refractivity contribution in [3.05, 3.63) is 12.2 Å². The lowest BCUT2D eigenvalue weighted by Gasteiger charge is -2.29. The molecule has 1 amide bonds. The zero-order valence-corrected chi connectivity index (χ0v) is 9.68. The summed E-state index contributed by atoms with van der Waals surface area (Å²) in [5.74, 6) is 0.927. The lowest BCUT2D eigenvalue weighted by atomic mass is 10.0. The number of hydrogen-bond donors (Lipinski definition) is 1. The van der Waals surface area contributed by atoms with Crippen LogP contribution in [0.4, 0.5) is 0 Å². The minimum absolute atomic E-state index is 0.0850. The Morgan fingerprint density at radius 2 is 2.31 bits per heavy atom. The molecule has 6 nitrogen and oxygen atoms in total. The highest BCUT2D eigenvalue weighted by Crippen LogP contribution is 2.13. The molecule has 0 fully saturated rings. The first-order valence-electron chi connectivity index (χ1n) is 5.39. The van der Waals surface area contributed by atoms with Gasteiger partial charge in [0.1, 0.15) is 6.33 Å². The fourth-order valence-corrected chi connectivity index (χ4v) is 1.78. The third-order valence-corrected chi connectivity index (χ3v) is 2.60. The molecule has 0 saturated carbocycles. The predicted molar refractivity (Wildman–Crippen MR) is 58.3 cm³/mol. The fourth-order valence-electron chi connectivity index (χ4n) is 1.78. The number of rotatable bonds is 2. The largest absolute Gasteiger partial charge is 0.333 e. The van der Waals surface area contributed by atoms with Gasteiger partial charge >= 0.3 is 0 Å². The molecule has 0 spiro atoms. The average molecular weight is 223 g/mol. The zero-order chi connectivity index (χ0) is 11.8. The van der Waals surface area contributed by atoms with Gasteiger partial charge in [0.25, 0.3) is 0 Å². The van der Waals surface area contributed by atoms with Crippen LogP contribution >= 0.6 is 0 Å². The van der Waals surface area contributed by atoms with E-state index in [0.29, 0.717) is 19.5 Å². The summed E-state index contributed by atoms with van der Waals surface area (Å²) >= 11 is 0. The molecule has 1 aliphatic heterocycles. The molecule has 2 N–H and O–H groups in total. The summed E-state index contributed by atoms with van der Waals surface area (Å²) < 4.78 is 1.97. The maximum absolute atomic E-state index is 11.9. The highest BCUT2D eigenvalue weighted by Gasteiger charge is 2.25. The first-order chi connectivity index (χ1) is 7.46. The van der Waals surface area contributed by atoms with Crippen molar-refractivity contribution in [3.8, 4) is 0 Å². The Labute approximate surface area is 94.4 Å². The number of carbonyl (C=O) groups is 1. The van der Waals surface area contributed by atoms with Gasteiger partial charge in [-0.25, -0.2) is 0 Å². The Balaban J connectivity index is 2.01. The van der Waals surface area contributed by atoms with Crippen LogP contribution in [0.3, 0.4) is 0 Å². The normalized spacial score (nSPS) is 16.1. The number of aromatic nitrogens is 3. The molecule has 1 aliphatic rings. The van der Waals surface area contributed by atoms with E-state index in [1.807, 2.05) is 18.4 Å². The second-order valence-electron chi connectivity index (χ2n) is 4.92. The Morgan fingerprint density at radius 1 is 1.56 bits per heavy atom. The molecular weight excluding hydrogens is 206 g/mol. The van der Waals surface area contributed by atoms with Crippen LogP contribution in [0.2, 0.25) is 0 Å². The summed E-state index contributed by atoms with van der Waals surface area (Å²) in [6.07, 6.45) is 2.06. The number of nitrogens with two attached hydrogens (primary N) is 1. The minimum Gasteiger partial charge on any atom is -0.333 e. The maximum atomic E-state index is 11.9. The average Bonchev–Trinajstić information content (AvgIpc) is 2.61. The second kappa shape index (κ2) is 3.86. The van der Waals surface area contributed by atoms with Gasteiger partial charge in [0.2, 0.25) is 5.91 Å². The molecule has 0 saturated heterocycles. The SMILES string of the molecule is CC(C)(N)CC(=O)N1CCn2cnnc2C1. The summed E-state index contributed by atoms with van der Waals surface area (Å²) in [5.41, 5.74) is 5.38. The lowest BCUT2D eigenvalue weighted by Crippen LogP contribution is -2.44. The van der Waals surface area contributed by atoms with E-state index in [1.165, 1.54) is 0 Å². The smallest absolute Gasteiger partial charge is 0.224 e. The Kier molecular flexibility index (Phi) is 2.67. The molecule has 1 aromatic rings. The van der Waals surface area contributed by atoms with Gasteiger partial charge in [-0.15, -0.1) is 10.2 Å². The molecule has 0 aliphatic carbocycles. The van der Waals surface area contributed by atoms with Gasteiger partial charge in [0.05, 0.1) is 6.54 Å². The Bertz CT molecular complexity index is 392. The van der Waals surface area contributed by atoms with Gasteiger partial charge in [-0.2, -0.15) is 0 Å². The third-order valence-electron chi connectivity index (χ3n) is 2.60. The van der Waals surface area contributed by atoms with Crippen molar-refractivity contribution in [2.24, 2.45) is 5.73 Å². The number of fused-ring (bicyclic) bond motifs is 1. The minimum atomic E-state index is -0.456. The third kappa shape index (κ3) is 2.38. The van der Waals surface area contributed by atoms with E-state index in [-0.39, 0.29) is 5.91 Å². The van der Waals surface area contributed by atoms with Crippen LogP contribution in [0, 0.1) is 0 Å². The van der Waals surface area contributed by atoms with Crippen molar-refractivity contribution in [2.75, 3.05) is 6.54 Å². The van der Waals surface area contributed by atoms with Crippen LogP contribution in [-0.2, 0) is 17.9 Å². The van der Waals surface area contributed by atoms with E-state index in [1.54, 1.807) is 11.2 Å². The molecular formula is C10H17N5O.